The highest BCUT2D eigenvalue weighted by molar-refractivity contribution is 5.82. The summed E-state index contributed by atoms with van der Waals surface area (Å²) >= 11 is 0. The summed E-state index contributed by atoms with van der Waals surface area (Å²) < 4.78 is 0. The molecule has 0 saturated heterocycles. The van der Waals surface area contributed by atoms with E-state index in [0.717, 1.165) is 19.3 Å². The molecule has 1 aliphatic heterocycles. The first-order valence-corrected chi connectivity index (χ1v) is 7.10. The molecule has 2 aromatic carbocycles. The van der Waals surface area contributed by atoms with Gasteiger partial charge in [0.25, 0.3) is 0 Å². The second-order valence-electron chi connectivity index (χ2n) is 5.49. The van der Waals surface area contributed by atoms with E-state index >= 15 is 0 Å². The van der Waals surface area contributed by atoms with Gasteiger partial charge in [0.2, 0.25) is 0 Å². The summed E-state index contributed by atoms with van der Waals surface area (Å²) in [6, 6.07) is 10.8. The summed E-state index contributed by atoms with van der Waals surface area (Å²) in [5.74, 6) is 0. The molecule has 1 aliphatic rings. The van der Waals surface area contributed by atoms with Crippen molar-refractivity contribution in [1.29, 1.82) is 0 Å². The number of hydrogen-bond donors (Lipinski definition) is 1. The Kier molecular flexibility index (Phi) is 3.31. The Balaban J connectivity index is 2.26. The van der Waals surface area contributed by atoms with Crippen LogP contribution in [-0.4, -0.2) is 12.8 Å². The van der Waals surface area contributed by atoms with E-state index in [4.69, 9.17) is 0 Å². The summed E-state index contributed by atoms with van der Waals surface area (Å²) in [5, 5.41) is 3.44. The topological polar surface area (TPSA) is 29.1 Å². The summed E-state index contributed by atoms with van der Waals surface area (Å²) in [7, 11) is 0. The van der Waals surface area contributed by atoms with Gasteiger partial charge >= 0.3 is 0 Å². The van der Waals surface area contributed by atoms with Crippen LogP contribution in [0.5, 0.6) is 0 Å². The number of carbonyl (C=O) groups excluding carboxylic acids is 1. The highest BCUT2D eigenvalue weighted by atomic mass is 16.1. The molecule has 0 amide bonds. The van der Waals surface area contributed by atoms with Crippen LogP contribution in [-0.2, 0) is 17.6 Å². The van der Waals surface area contributed by atoms with Crippen LogP contribution in [0.3, 0.4) is 0 Å². The predicted molar refractivity (Wildman–Crippen MR) is 83.3 cm³/mol. The molecule has 0 fully saturated rings. The monoisotopic (exact) mass is 265 g/mol. The fraction of sp³-hybridized carbons (Fsp3) is 0.278. The van der Waals surface area contributed by atoms with Gasteiger partial charge in [0.05, 0.1) is 0 Å². The molecule has 3 rings (SSSR count). The lowest BCUT2D eigenvalue weighted by Gasteiger charge is -2.16. The van der Waals surface area contributed by atoms with Crippen LogP contribution in [0.15, 0.2) is 30.3 Å². The zero-order valence-corrected chi connectivity index (χ0v) is 12.0. The molecular formula is C18H19NO. The number of aldehydes is 1. The van der Waals surface area contributed by atoms with Gasteiger partial charge in [0.1, 0.15) is 6.29 Å². The number of benzene rings is 2. The number of rotatable bonds is 3. The molecule has 1 heterocycles. The van der Waals surface area contributed by atoms with Gasteiger partial charge in [-0.3, -0.25) is 0 Å². The maximum absolute atomic E-state index is 11.0. The number of aryl methyl sites for hydroxylation is 2. The standard InChI is InChI=1S/C18H19NO/c1-12-3-5-14(6-4-12)18-15(8-10-20)13(2)11-17-16(18)7-9-19-17/h3-6,10-11,19H,7-9H2,1-2H3. The Morgan fingerprint density at radius 3 is 2.65 bits per heavy atom. The molecule has 2 heteroatoms. The molecule has 0 aromatic heterocycles. The molecule has 0 unspecified atom stereocenters. The molecular weight excluding hydrogens is 246 g/mol. The number of anilines is 1. The molecule has 0 saturated carbocycles. The molecule has 0 radical (unpaired) electrons. The van der Waals surface area contributed by atoms with Gasteiger partial charge < -0.3 is 10.1 Å². The zero-order valence-electron chi connectivity index (χ0n) is 12.0. The van der Waals surface area contributed by atoms with Gasteiger partial charge in [-0.15, -0.1) is 0 Å². The first-order chi connectivity index (χ1) is 9.70. The van der Waals surface area contributed by atoms with E-state index in [1.165, 1.54) is 39.1 Å². The molecule has 0 bridgehead atoms. The molecule has 1 N–H and O–H groups in total. The fourth-order valence-corrected chi connectivity index (χ4v) is 3.06. The molecule has 0 aliphatic carbocycles. The lowest BCUT2D eigenvalue weighted by molar-refractivity contribution is -0.107. The van der Waals surface area contributed by atoms with Crippen LogP contribution >= 0.6 is 0 Å². The molecule has 2 aromatic rings. The summed E-state index contributed by atoms with van der Waals surface area (Å²) in [6.45, 7) is 5.17. The van der Waals surface area contributed by atoms with Gasteiger partial charge in [0, 0.05) is 18.7 Å². The Morgan fingerprint density at radius 2 is 1.95 bits per heavy atom. The van der Waals surface area contributed by atoms with Crippen molar-refractivity contribution < 1.29 is 4.79 Å². The van der Waals surface area contributed by atoms with Crippen LogP contribution in [0.25, 0.3) is 11.1 Å². The van der Waals surface area contributed by atoms with E-state index in [0.29, 0.717) is 6.42 Å². The average Bonchev–Trinajstić information content (AvgIpc) is 2.89. The number of hydrogen-bond acceptors (Lipinski definition) is 2. The zero-order chi connectivity index (χ0) is 14.1. The Hall–Kier alpha value is -2.09. The summed E-state index contributed by atoms with van der Waals surface area (Å²) in [6.07, 6.45) is 2.53. The molecule has 2 nitrogen and oxygen atoms in total. The van der Waals surface area contributed by atoms with Crippen molar-refractivity contribution >= 4 is 12.0 Å². The lowest BCUT2D eigenvalue weighted by atomic mass is 9.88. The largest absolute Gasteiger partial charge is 0.384 e. The Bertz CT molecular complexity index is 656. The van der Waals surface area contributed by atoms with Crippen molar-refractivity contribution in [2.24, 2.45) is 0 Å². The molecule has 0 spiro atoms. The van der Waals surface area contributed by atoms with Crippen LogP contribution in [0.1, 0.15) is 22.3 Å². The first-order valence-electron chi connectivity index (χ1n) is 7.10. The number of carbonyl (C=O) groups is 1. The third kappa shape index (κ3) is 2.11. The van der Waals surface area contributed by atoms with Crippen LogP contribution in [0.4, 0.5) is 5.69 Å². The normalized spacial score (nSPS) is 12.9. The Morgan fingerprint density at radius 1 is 1.20 bits per heavy atom. The maximum atomic E-state index is 11.0. The third-order valence-electron chi connectivity index (χ3n) is 4.08. The minimum Gasteiger partial charge on any atom is -0.384 e. The smallest absolute Gasteiger partial charge is 0.124 e. The van der Waals surface area contributed by atoms with Crippen molar-refractivity contribution in [2.45, 2.75) is 26.7 Å². The molecule has 0 atom stereocenters. The van der Waals surface area contributed by atoms with E-state index in [-0.39, 0.29) is 0 Å². The SMILES string of the molecule is Cc1ccc(-c2c(CC=O)c(C)cc3c2CCN3)cc1. The van der Waals surface area contributed by atoms with E-state index in [2.05, 4.69) is 49.5 Å². The van der Waals surface area contributed by atoms with Crippen LogP contribution < -0.4 is 5.32 Å². The molecule has 102 valence electrons. The van der Waals surface area contributed by atoms with Gasteiger partial charge in [-0.2, -0.15) is 0 Å². The third-order valence-corrected chi connectivity index (χ3v) is 4.08. The second-order valence-corrected chi connectivity index (χ2v) is 5.49. The predicted octanol–water partition coefficient (Wildman–Crippen LogP) is 3.68. The number of fused-ring (bicyclic) bond motifs is 1. The van der Waals surface area contributed by atoms with Crippen molar-refractivity contribution in [3.63, 3.8) is 0 Å². The summed E-state index contributed by atoms with van der Waals surface area (Å²) in [4.78, 5) is 11.0. The van der Waals surface area contributed by atoms with Gasteiger partial charge in [0.15, 0.2) is 0 Å². The average molecular weight is 265 g/mol. The van der Waals surface area contributed by atoms with E-state index in [1.807, 2.05) is 0 Å². The van der Waals surface area contributed by atoms with Crippen molar-refractivity contribution in [3.05, 3.63) is 52.6 Å². The van der Waals surface area contributed by atoms with Crippen LogP contribution in [0.2, 0.25) is 0 Å². The minimum atomic E-state index is 0.488. The van der Waals surface area contributed by atoms with Gasteiger partial charge in [-0.05, 0) is 54.2 Å². The highest BCUT2D eigenvalue weighted by Gasteiger charge is 2.20. The van der Waals surface area contributed by atoms with Crippen molar-refractivity contribution in [2.75, 3.05) is 11.9 Å². The van der Waals surface area contributed by atoms with Gasteiger partial charge in [-0.25, -0.2) is 0 Å². The van der Waals surface area contributed by atoms with E-state index in [1.54, 1.807) is 0 Å². The Labute approximate surface area is 119 Å². The van der Waals surface area contributed by atoms with E-state index < -0.39 is 0 Å². The van der Waals surface area contributed by atoms with Gasteiger partial charge in [-0.1, -0.05) is 29.8 Å². The van der Waals surface area contributed by atoms with Crippen molar-refractivity contribution in [3.8, 4) is 11.1 Å². The van der Waals surface area contributed by atoms with E-state index in [9.17, 15) is 4.79 Å². The number of nitrogens with one attached hydrogen (secondary N) is 1. The second kappa shape index (κ2) is 5.12. The fourth-order valence-electron chi connectivity index (χ4n) is 3.06. The summed E-state index contributed by atoms with van der Waals surface area (Å²) in [5.41, 5.74) is 8.69. The maximum Gasteiger partial charge on any atom is 0.124 e. The highest BCUT2D eigenvalue weighted by Crippen LogP contribution is 2.38. The lowest BCUT2D eigenvalue weighted by Crippen LogP contribution is -1.99. The quantitative estimate of drug-likeness (QED) is 0.858. The van der Waals surface area contributed by atoms with Crippen LogP contribution in [0, 0.1) is 13.8 Å². The minimum absolute atomic E-state index is 0.488. The van der Waals surface area contributed by atoms with Crippen molar-refractivity contribution in [1.82, 2.24) is 0 Å². The molecule has 20 heavy (non-hydrogen) atoms. The first kappa shape index (κ1) is 12.9.